The molecule has 0 bridgehead atoms. The lowest BCUT2D eigenvalue weighted by atomic mass is 10.2. The average Bonchev–Trinajstić information content (AvgIpc) is 3.15. The van der Waals surface area contributed by atoms with Crippen molar-refractivity contribution in [3.05, 3.63) is 17.6 Å². The maximum absolute atomic E-state index is 12.6. The van der Waals surface area contributed by atoms with Crippen molar-refractivity contribution in [3.63, 3.8) is 0 Å². The van der Waals surface area contributed by atoms with Crippen LogP contribution in [0, 0.1) is 12.8 Å². The predicted octanol–water partition coefficient (Wildman–Crippen LogP) is 1.17. The third kappa shape index (κ3) is 3.62. The van der Waals surface area contributed by atoms with Crippen molar-refractivity contribution < 1.29 is 27.5 Å². The number of carboxylic acid groups (broad SMARTS) is 1. The van der Waals surface area contributed by atoms with Gasteiger partial charge >= 0.3 is 5.97 Å². The van der Waals surface area contributed by atoms with Crippen LogP contribution in [-0.4, -0.2) is 61.3 Å². The van der Waals surface area contributed by atoms with Gasteiger partial charge in [0.25, 0.3) is 5.91 Å². The normalized spacial score (nSPS) is 17.0. The van der Waals surface area contributed by atoms with E-state index in [0.717, 1.165) is 12.8 Å². The van der Waals surface area contributed by atoms with E-state index in [1.807, 2.05) is 0 Å². The molecule has 2 heterocycles. The Morgan fingerprint density at radius 2 is 1.96 bits per heavy atom. The van der Waals surface area contributed by atoms with E-state index in [2.05, 4.69) is 0 Å². The maximum atomic E-state index is 12.6. The average molecular weight is 358 g/mol. The topological polar surface area (TPSA) is 108 Å². The molecule has 1 amide bonds. The number of carbonyl (C=O) groups is 2. The number of furan rings is 1. The molecule has 1 atom stereocenters. The highest BCUT2D eigenvalue weighted by atomic mass is 32.2. The number of carboxylic acids is 1. The monoisotopic (exact) mass is 358 g/mol. The van der Waals surface area contributed by atoms with Crippen LogP contribution in [0.5, 0.6) is 0 Å². The lowest BCUT2D eigenvalue weighted by molar-refractivity contribution is -0.141. The van der Waals surface area contributed by atoms with E-state index in [4.69, 9.17) is 9.52 Å². The summed E-state index contributed by atoms with van der Waals surface area (Å²) >= 11 is 0. The summed E-state index contributed by atoms with van der Waals surface area (Å²) in [6, 6.07) is 1.23. The molecule has 0 aromatic carbocycles. The van der Waals surface area contributed by atoms with Crippen molar-refractivity contribution >= 4 is 21.9 Å². The first kappa shape index (κ1) is 18.5. The quantitative estimate of drug-likeness (QED) is 0.818. The second-order valence-corrected chi connectivity index (χ2v) is 7.97. The molecule has 0 aliphatic carbocycles. The number of hydrogen-bond acceptors (Lipinski definition) is 5. The number of rotatable bonds is 6. The van der Waals surface area contributed by atoms with Crippen molar-refractivity contribution in [2.24, 2.45) is 5.92 Å². The van der Waals surface area contributed by atoms with E-state index in [1.54, 1.807) is 0 Å². The molecule has 24 heavy (non-hydrogen) atoms. The zero-order chi connectivity index (χ0) is 18.1. The number of nitrogens with zero attached hydrogens (tertiary/aromatic N) is 2. The Morgan fingerprint density at radius 3 is 2.50 bits per heavy atom. The predicted molar refractivity (Wildman–Crippen MR) is 85.2 cm³/mol. The number of carbonyl (C=O) groups excluding carboxylic acids is 1. The Balaban J connectivity index is 2.21. The van der Waals surface area contributed by atoms with Crippen LogP contribution in [0.4, 0.5) is 0 Å². The summed E-state index contributed by atoms with van der Waals surface area (Å²) in [6.45, 7) is 3.92. The van der Waals surface area contributed by atoms with Crippen LogP contribution in [0.3, 0.4) is 0 Å². The standard InChI is InChI=1S/C15H22N2O6S/c1-10(15(19)20)9-16(3)14(18)12-8-13(11(2)23-12)24(21,22)17-6-4-5-7-17/h8,10H,4-7,9H2,1-3H3,(H,19,20). The van der Waals surface area contributed by atoms with E-state index >= 15 is 0 Å². The van der Waals surface area contributed by atoms with Crippen LogP contribution in [-0.2, 0) is 14.8 Å². The molecule has 2 rings (SSSR count). The fourth-order valence-corrected chi connectivity index (χ4v) is 4.33. The molecule has 1 aliphatic rings. The molecule has 0 spiro atoms. The van der Waals surface area contributed by atoms with Crippen molar-refractivity contribution in [1.82, 2.24) is 9.21 Å². The van der Waals surface area contributed by atoms with E-state index in [-0.39, 0.29) is 23.0 Å². The third-order valence-electron chi connectivity index (χ3n) is 4.08. The summed E-state index contributed by atoms with van der Waals surface area (Å²) in [5.41, 5.74) is 0. The van der Waals surface area contributed by atoms with Gasteiger partial charge in [0.05, 0.1) is 5.92 Å². The lowest BCUT2D eigenvalue weighted by Gasteiger charge is -2.18. The largest absolute Gasteiger partial charge is 0.481 e. The van der Waals surface area contributed by atoms with Gasteiger partial charge in [-0.05, 0) is 19.8 Å². The molecule has 1 unspecified atom stereocenters. The van der Waals surface area contributed by atoms with Gasteiger partial charge in [0.15, 0.2) is 5.76 Å². The van der Waals surface area contributed by atoms with Crippen LogP contribution >= 0.6 is 0 Å². The van der Waals surface area contributed by atoms with Gasteiger partial charge in [0.2, 0.25) is 10.0 Å². The number of sulfonamides is 1. The SMILES string of the molecule is Cc1oc(C(=O)N(C)CC(C)C(=O)O)cc1S(=O)(=O)N1CCCC1. The summed E-state index contributed by atoms with van der Waals surface area (Å²) in [5, 5.41) is 8.91. The Kier molecular flexibility index (Phi) is 5.34. The molecule has 1 saturated heterocycles. The zero-order valence-electron chi connectivity index (χ0n) is 14.0. The molecule has 0 saturated carbocycles. The van der Waals surface area contributed by atoms with E-state index in [1.165, 1.54) is 36.2 Å². The molecule has 1 aromatic rings. The second kappa shape index (κ2) is 6.94. The minimum Gasteiger partial charge on any atom is -0.481 e. The van der Waals surface area contributed by atoms with E-state index in [0.29, 0.717) is 13.1 Å². The smallest absolute Gasteiger partial charge is 0.308 e. The fourth-order valence-electron chi connectivity index (χ4n) is 2.65. The Labute approximate surface area is 141 Å². The molecule has 134 valence electrons. The van der Waals surface area contributed by atoms with Gasteiger partial charge in [0.1, 0.15) is 10.7 Å². The first-order valence-corrected chi connectivity index (χ1v) is 9.17. The molecule has 1 fully saturated rings. The van der Waals surface area contributed by atoms with Crippen LogP contribution in [0.25, 0.3) is 0 Å². The van der Waals surface area contributed by atoms with Gasteiger partial charge in [-0.2, -0.15) is 4.31 Å². The summed E-state index contributed by atoms with van der Waals surface area (Å²) < 4.78 is 31.9. The summed E-state index contributed by atoms with van der Waals surface area (Å²) in [6.07, 6.45) is 1.63. The number of amides is 1. The van der Waals surface area contributed by atoms with Crippen molar-refractivity contribution in [2.75, 3.05) is 26.7 Å². The van der Waals surface area contributed by atoms with Gasteiger partial charge in [-0.1, -0.05) is 6.92 Å². The van der Waals surface area contributed by atoms with Crippen molar-refractivity contribution in [2.45, 2.75) is 31.6 Å². The van der Waals surface area contributed by atoms with Crippen LogP contribution in [0.1, 0.15) is 36.1 Å². The third-order valence-corrected chi connectivity index (χ3v) is 6.09. The molecule has 0 radical (unpaired) electrons. The number of aryl methyl sites for hydroxylation is 1. The minimum atomic E-state index is -3.67. The van der Waals surface area contributed by atoms with E-state index < -0.39 is 27.8 Å². The van der Waals surface area contributed by atoms with Gasteiger partial charge in [0, 0.05) is 32.7 Å². The molecule has 9 heteroatoms. The Hall–Kier alpha value is -1.87. The first-order valence-electron chi connectivity index (χ1n) is 7.73. The molecule has 1 aliphatic heterocycles. The van der Waals surface area contributed by atoms with Gasteiger partial charge in [-0.25, -0.2) is 8.42 Å². The van der Waals surface area contributed by atoms with Crippen LogP contribution < -0.4 is 0 Å². The van der Waals surface area contributed by atoms with Crippen LogP contribution in [0.15, 0.2) is 15.4 Å². The summed E-state index contributed by atoms with van der Waals surface area (Å²) in [7, 11) is -2.22. The summed E-state index contributed by atoms with van der Waals surface area (Å²) in [5.74, 6) is -2.24. The Bertz CT molecular complexity index is 733. The lowest BCUT2D eigenvalue weighted by Crippen LogP contribution is -2.33. The first-order chi connectivity index (χ1) is 11.1. The van der Waals surface area contributed by atoms with Crippen LogP contribution in [0.2, 0.25) is 0 Å². The number of aliphatic carboxylic acids is 1. The second-order valence-electron chi connectivity index (χ2n) is 6.07. The molecule has 1 N–H and O–H groups in total. The number of hydrogen-bond donors (Lipinski definition) is 1. The zero-order valence-corrected chi connectivity index (χ0v) is 14.8. The van der Waals surface area contributed by atoms with Gasteiger partial charge in [-0.15, -0.1) is 0 Å². The molecule has 8 nitrogen and oxygen atoms in total. The van der Waals surface area contributed by atoms with Gasteiger partial charge < -0.3 is 14.4 Å². The van der Waals surface area contributed by atoms with Gasteiger partial charge in [-0.3, -0.25) is 9.59 Å². The molecular weight excluding hydrogens is 336 g/mol. The highest BCUT2D eigenvalue weighted by molar-refractivity contribution is 7.89. The Morgan fingerprint density at radius 1 is 1.38 bits per heavy atom. The van der Waals surface area contributed by atoms with E-state index in [9.17, 15) is 18.0 Å². The van der Waals surface area contributed by atoms with Crippen molar-refractivity contribution in [3.8, 4) is 0 Å². The maximum Gasteiger partial charge on any atom is 0.308 e. The highest BCUT2D eigenvalue weighted by Gasteiger charge is 2.32. The minimum absolute atomic E-state index is 0.00211. The van der Waals surface area contributed by atoms with Crippen molar-refractivity contribution in [1.29, 1.82) is 0 Å². The summed E-state index contributed by atoms with van der Waals surface area (Å²) in [4.78, 5) is 24.4. The fraction of sp³-hybridized carbons (Fsp3) is 0.600. The molecular formula is C15H22N2O6S. The highest BCUT2D eigenvalue weighted by Crippen LogP contribution is 2.26. The molecule has 1 aromatic heterocycles.